The third-order valence-electron chi connectivity index (χ3n) is 4.42. The lowest BCUT2D eigenvalue weighted by Crippen LogP contribution is -2.43. The summed E-state index contributed by atoms with van der Waals surface area (Å²) in [6.07, 6.45) is 0.649. The van der Waals surface area contributed by atoms with E-state index in [2.05, 4.69) is 0 Å². The monoisotopic (exact) mass is 354 g/mol. The second kappa shape index (κ2) is 7.91. The molecule has 6 heteroatoms. The number of carbonyl (C=O) groups is 2. The molecule has 1 aliphatic heterocycles. The Morgan fingerprint density at radius 3 is 2.58 bits per heavy atom. The molecule has 136 valence electrons. The van der Waals surface area contributed by atoms with Crippen molar-refractivity contribution in [2.75, 3.05) is 13.3 Å². The molecule has 0 saturated carbocycles. The first-order valence-corrected chi connectivity index (χ1v) is 8.62. The molecule has 0 aliphatic carbocycles. The molecule has 2 aromatic carbocycles. The zero-order valence-electron chi connectivity index (χ0n) is 14.7. The lowest BCUT2D eigenvalue weighted by molar-refractivity contribution is -0.119. The lowest BCUT2D eigenvalue weighted by Gasteiger charge is -2.30. The molecule has 1 heterocycles. The summed E-state index contributed by atoms with van der Waals surface area (Å²) in [5.41, 5.74) is 6.93. The number of fused-ring (bicyclic) bond motifs is 1. The predicted octanol–water partition coefficient (Wildman–Crippen LogP) is 2.36. The number of benzene rings is 2. The molecule has 1 atom stereocenters. The van der Waals surface area contributed by atoms with Crippen LogP contribution in [0.25, 0.3) is 0 Å². The molecule has 0 spiro atoms. The first-order valence-electron chi connectivity index (χ1n) is 8.62. The molecule has 0 saturated heterocycles. The van der Waals surface area contributed by atoms with Crippen LogP contribution in [-0.4, -0.2) is 36.1 Å². The molecular weight excluding hydrogens is 332 g/mol. The van der Waals surface area contributed by atoms with Gasteiger partial charge in [-0.25, -0.2) is 0 Å². The topological polar surface area (TPSA) is 81.9 Å². The summed E-state index contributed by atoms with van der Waals surface area (Å²) in [5.74, 6) is 0.377. The third-order valence-corrected chi connectivity index (χ3v) is 4.42. The van der Waals surface area contributed by atoms with E-state index < -0.39 is 5.91 Å². The van der Waals surface area contributed by atoms with Gasteiger partial charge in [-0.15, -0.1) is 0 Å². The maximum atomic E-state index is 13.2. The summed E-state index contributed by atoms with van der Waals surface area (Å²) in [6, 6.07) is 14.7. The van der Waals surface area contributed by atoms with E-state index in [-0.39, 0.29) is 25.2 Å². The molecule has 26 heavy (non-hydrogen) atoms. The fourth-order valence-electron chi connectivity index (χ4n) is 3.23. The smallest absolute Gasteiger partial charge is 0.258 e. The minimum atomic E-state index is -0.435. The van der Waals surface area contributed by atoms with Gasteiger partial charge in [0.05, 0.1) is 5.56 Å². The Bertz CT molecular complexity index is 792. The number of ether oxygens (including phenoxy) is 2. The van der Waals surface area contributed by atoms with Crippen LogP contribution >= 0.6 is 0 Å². The van der Waals surface area contributed by atoms with E-state index in [1.807, 2.05) is 37.3 Å². The second-order valence-electron chi connectivity index (χ2n) is 6.14. The van der Waals surface area contributed by atoms with Crippen molar-refractivity contribution in [1.82, 2.24) is 4.90 Å². The number of amides is 2. The Balaban J connectivity index is 1.89. The highest BCUT2D eigenvalue weighted by molar-refractivity contribution is 5.98. The van der Waals surface area contributed by atoms with Gasteiger partial charge in [-0.05, 0) is 31.0 Å². The van der Waals surface area contributed by atoms with E-state index >= 15 is 0 Å². The van der Waals surface area contributed by atoms with Crippen LogP contribution in [0.3, 0.4) is 0 Å². The number of carbonyl (C=O) groups excluding carboxylic acids is 2. The Morgan fingerprint density at radius 1 is 1.12 bits per heavy atom. The summed E-state index contributed by atoms with van der Waals surface area (Å²) in [7, 11) is 0. The zero-order chi connectivity index (χ0) is 18.5. The van der Waals surface area contributed by atoms with Crippen molar-refractivity contribution in [1.29, 1.82) is 0 Å². The molecule has 2 amide bonds. The summed E-state index contributed by atoms with van der Waals surface area (Å²) in [6.45, 7) is 2.44. The molecule has 2 N–H and O–H groups in total. The van der Waals surface area contributed by atoms with E-state index in [0.29, 0.717) is 30.0 Å². The van der Waals surface area contributed by atoms with Crippen molar-refractivity contribution >= 4 is 11.8 Å². The molecule has 0 radical (unpaired) electrons. The first-order chi connectivity index (χ1) is 12.6. The first kappa shape index (κ1) is 17.8. The SMILES string of the molecule is CCN(C(=O)c1cccc2c1OCO2)C(CC(N)=O)Cc1ccccc1. The highest BCUT2D eigenvalue weighted by Crippen LogP contribution is 2.36. The van der Waals surface area contributed by atoms with Gasteiger partial charge in [-0.2, -0.15) is 0 Å². The van der Waals surface area contributed by atoms with Gasteiger partial charge >= 0.3 is 0 Å². The van der Waals surface area contributed by atoms with Crippen LogP contribution in [0.4, 0.5) is 0 Å². The number of para-hydroxylation sites is 1. The molecule has 0 fully saturated rings. The van der Waals surface area contributed by atoms with E-state index in [1.165, 1.54) is 0 Å². The van der Waals surface area contributed by atoms with Gasteiger partial charge < -0.3 is 20.1 Å². The summed E-state index contributed by atoms with van der Waals surface area (Å²) in [4.78, 5) is 26.5. The Kier molecular flexibility index (Phi) is 5.41. The molecule has 1 aliphatic rings. The summed E-state index contributed by atoms with van der Waals surface area (Å²) < 4.78 is 10.8. The van der Waals surface area contributed by atoms with Crippen molar-refractivity contribution in [3.8, 4) is 11.5 Å². The van der Waals surface area contributed by atoms with E-state index in [0.717, 1.165) is 5.56 Å². The van der Waals surface area contributed by atoms with Gasteiger partial charge in [0, 0.05) is 19.0 Å². The minimum Gasteiger partial charge on any atom is -0.454 e. The average Bonchev–Trinajstić information content (AvgIpc) is 3.11. The molecular formula is C20H22N2O4. The number of nitrogens with two attached hydrogens (primary N) is 1. The molecule has 0 bridgehead atoms. The van der Waals surface area contributed by atoms with Gasteiger partial charge in [-0.1, -0.05) is 36.4 Å². The van der Waals surface area contributed by atoms with Gasteiger partial charge in [0.25, 0.3) is 5.91 Å². The van der Waals surface area contributed by atoms with Crippen LogP contribution in [0.1, 0.15) is 29.3 Å². The van der Waals surface area contributed by atoms with Gasteiger partial charge in [0.1, 0.15) is 0 Å². The number of hydrogen-bond donors (Lipinski definition) is 1. The molecule has 2 aromatic rings. The fourth-order valence-corrected chi connectivity index (χ4v) is 3.23. The van der Waals surface area contributed by atoms with Crippen LogP contribution < -0.4 is 15.2 Å². The van der Waals surface area contributed by atoms with Crippen molar-refractivity contribution in [2.24, 2.45) is 5.73 Å². The van der Waals surface area contributed by atoms with Crippen molar-refractivity contribution in [2.45, 2.75) is 25.8 Å². The van der Waals surface area contributed by atoms with Crippen LogP contribution in [0.15, 0.2) is 48.5 Å². The van der Waals surface area contributed by atoms with Crippen molar-refractivity contribution in [3.63, 3.8) is 0 Å². The van der Waals surface area contributed by atoms with E-state index in [4.69, 9.17) is 15.2 Å². The Hall–Kier alpha value is -3.02. The largest absolute Gasteiger partial charge is 0.454 e. The zero-order valence-corrected chi connectivity index (χ0v) is 14.7. The standard InChI is InChI=1S/C20H22N2O4/c1-2-22(15(12-18(21)23)11-14-7-4-3-5-8-14)20(24)16-9-6-10-17-19(16)26-13-25-17/h3-10,15H,2,11-13H2,1H3,(H2,21,23). The van der Waals surface area contributed by atoms with Gasteiger partial charge in [0.15, 0.2) is 11.5 Å². The second-order valence-corrected chi connectivity index (χ2v) is 6.14. The number of likely N-dealkylation sites (N-methyl/N-ethyl adjacent to an activating group) is 1. The van der Waals surface area contributed by atoms with Gasteiger partial charge in [0.2, 0.25) is 12.7 Å². The Morgan fingerprint density at radius 2 is 1.88 bits per heavy atom. The maximum absolute atomic E-state index is 13.2. The average molecular weight is 354 g/mol. The predicted molar refractivity (Wildman–Crippen MR) is 97.0 cm³/mol. The van der Waals surface area contributed by atoms with Crippen LogP contribution in [0.2, 0.25) is 0 Å². The number of primary amides is 1. The van der Waals surface area contributed by atoms with Gasteiger partial charge in [-0.3, -0.25) is 9.59 Å². The highest BCUT2D eigenvalue weighted by atomic mass is 16.7. The van der Waals surface area contributed by atoms with Crippen molar-refractivity contribution in [3.05, 3.63) is 59.7 Å². The van der Waals surface area contributed by atoms with E-state index in [9.17, 15) is 9.59 Å². The normalized spacial score (nSPS) is 13.3. The van der Waals surface area contributed by atoms with Crippen LogP contribution in [-0.2, 0) is 11.2 Å². The summed E-state index contributed by atoms with van der Waals surface area (Å²) >= 11 is 0. The molecule has 1 unspecified atom stereocenters. The number of hydrogen-bond acceptors (Lipinski definition) is 4. The van der Waals surface area contributed by atoms with Crippen molar-refractivity contribution < 1.29 is 19.1 Å². The minimum absolute atomic E-state index is 0.0977. The fraction of sp³-hybridized carbons (Fsp3) is 0.300. The van der Waals surface area contributed by atoms with Crippen LogP contribution in [0.5, 0.6) is 11.5 Å². The molecule has 0 aromatic heterocycles. The summed E-state index contributed by atoms with van der Waals surface area (Å²) in [5, 5.41) is 0. The molecule has 3 rings (SSSR count). The number of nitrogens with zero attached hydrogens (tertiary/aromatic N) is 1. The Labute approximate surface area is 152 Å². The van der Waals surface area contributed by atoms with Crippen LogP contribution in [0, 0.1) is 0 Å². The highest BCUT2D eigenvalue weighted by Gasteiger charge is 2.29. The maximum Gasteiger partial charge on any atom is 0.258 e. The van der Waals surface area contributed by atoms with E-state index in [1.54, 1.807) is 23.1 Å². The number of rotatable bonds is 7. The molecule has 6 nitrogen and oxygen atoms in total. The third kappa shape index (κ3) is 3.79. The quantitative estimate of drug-likeness (QED) is 0.827. The lowest BCUT2D eigenvalue weighted by atomic mass is 10.00.